The third kappa shape index (κ3) is 3.55. The maximum absolute atomic E-state index is 12.5. The number of phenols is 1. The summed E-state index contributed by atoms with van der Waals surface area (Å²) in [5, 5.41) is 16.4. The zero-order valence-electron chi connectivity index (χ0n) is 13.7. The Morgan fingerprint density at radius 3 is 2.74 bits per heavy atom. The third-order valence-corrected chi connectivity index (χ3v) is 4.71. The summed E-state index contributed by atoms with van der Waals surface area (Å²) >= 11 is 0. The number of aromatic amines is 1. The average Bonchev–Trinajstić information content (AvgIpc) is 3.11. The molecule has 0 radical (unpaired) electrons. The lowest BCUT2D eigenvalue weighted by Crippen LogP contribution is -2.30. The van der Waals surface area contributed by atoms with Gasteiger partial charge in [0, 0.05) is 24.3 Å². The molecular formula is C18H23N3O2. The fourth-order valence-electron chi connectivity index (χ4n) is 3.29. The lowest BCUT2D eigenvalue weighted by atomic mass is 9.99. The van der Waals surface area contributed by atoms with Crippen molar-refractivity contribution >= 4 is 5.91 Å². The number of aromatic hydroxyl groups is 1. The highest BCUT2D eigenvalue weighted by molar-refractivity contribution is 5.79. The summed E-state index contributed by atoms with van der Waals surface area (Å²) in [6, 6.07) is 7.35. The number of phenolic OH excluding ortho intramolecular Hbond substituents is 1. The highest BCUT2D eigenvalue weighted by Crippen LogP contribution is 2.23. The summed E-state index contributed by atoms with van der Waals surface area (Å²) < 4.78 is 0. The van der Waals surface area contributed by atoms with Crippen molar-refractivity contribution in [3.05, 3.63) is 46.8 Å². The summed E-state index contributed by atoms with van der Waals surface area (Å²) in [6.45, 7) is 5.54. The number of hydrogen-bond donors (Lipinski definition) is 2. The Morgan fingerprint density at radius 2 is 2.09 bits per heavy atom. The van der Waals surface area contributed by atoms with Crippen molar-refractivity contribution in [2.45, 2.75) is 33.1 Å². The molecule has 1 aromatic heterocycles. The van der Waals surface area contributed by atoms with E-state index < -0.39 is 0 Å². The number of aryl methyl sites for hydroxylation is 2. The standard InChI is InChI=1S/C18H23N3O2/c1-12-17(13(2)20-19-12)10-18(23)21-8-7-15(11-21)9-14-3-5-16(22)6-4-14/h3-6,15,22H,7-11H2,1-2H3,(H,19,20). The van der Waals surface area contributed by atoms with Gasteiger partial charge < -0.3 is 10.0 Å². The Morgan fingerprint density at radius 1 is 1.35 bits per heavy atom. The van der Waals surface area contributed by atoms with E-state index in [0.29, 0.717) is 18.1 Å². The molecule has 1 aromatic carbocycles. The van der Waals surface area contributed by atoms with E-state index in [1.54, 1.807) is 12.1 Å². The van der Waals surface area contributed by atoms with E-state index in [4.69, 9.17) is 0 Å². The van der Waals surface area contributed by atoms with Crippen molar-refractivity contribution in [1.29, 1.82) is 0 Å². The van der Waals surface area contributed by atoms with Crippen LogP contribution in [0.2, 0.25) is 0 Å². The molecule has 1 amide bonds. The smallest absolute Gasteiger partial charge is 0.227 e. The van der Waals surface area contributed by atoms with Crippen molar-refractivity contribution in [2.24, 2.45) is 5.92 Å². The van der Waals surface area contributed by atoms with Crippen molar-refractivity contribution in [1.82, 2.24) is 15.1 Å². The van der Waals surface area contributed by atoms with Crippen LogP contribution in [0.5, 0.6) is 5.75 Å². The number of H-pyrrole nitrogens is 1. The average molecular weight is 313 g/mol. The fourth-order valence-corrected chi connectivity index (χ4v) is 3.29. The van der Waals surface area contributed by atoms with E-state index in [1.165, 1.54) is 5.56 Å². The molecule has 1 atom stereocenters. The van der Waals surface area contributed by atoms with Crippen LogP contribution in [0.15, 0.2) is 24.3 Å². The van der Waals surface area contributed by atoms with E-state index >= 15 is 0 Å². The van der Waals surface area contributed by atoms with Gasteiger partial charge in [-0.15, -0.1) is 0 Å². The number of likely N-dealkylation sites (tertiary alicyclic amines) is 1. The molecule has 1 aliphatic rings. The first-order valence-corrected chi connectivity index (χ1v) is 8.09. The van der Waals surface area contributed by atoms with E-state index in [9.17, 15) is 9.90 Å². The highest BCUT2D eigenvalue weighted by Gasteiger charge is 2.27. The molecule has 122 valence electrons. The first kappa shape index (κ1) is 15.6. The van der Waals surface area contributed by atoms with Crippen molar-refractivity contribution in [3.63, 3.8) is 0 Å². The normalized spacial score (nSPS) is 17.7. The zero-order chi connectivity index (χ0) is 16.4. The van der Waals surface area contributed by atoms with Gasteiger partial charge in [0.25, 0.3) is 0 Å². The quantitative estimate of drug-likeness (QED) is 0.910. The van der Waals surface area contributed by atoms with Crippen LogP contribution in [0.4, 0.5) is 0 Å². The number of nitrogens with one attached hydrogen (secondary N) is 1. The number of hydrogen-bond acceptors (Lipinski definition) is 3. The largest absolute Gasteiger partial charge is 0.508 e. The number of benzene rings is 1. The number of carbonyl (C=O) groups excluding carboxylic acids is 1. The van der Waals surface area contributed by atoms with E-state index in [-0.39, 0.29) is 5.91 Å². The van der Waals surface area contributed by atoms with Crippen LogP contribution in [0.1, 0.15) is 28.9 Å². The van der Waals surface area contributed by atoms with Crippen LogP contribution in [-0.4, -0.2) is 39.2 Å². The van der Waals surface area contributed by atoms with E-state index in [2.05, 4.69) is 10.2 Å². The number of aromatic nitrogens is 2. The molecular weight excluding hydrogens is 290 g/mol. The molecule has 3 rings (SSSR count). The molecule has 2 heterocycles. The Kier molecular flexibility index (Phi) is 4.37. The molecule has 2 N–H and O–H groups in total. The predicted octanol–water partition coefficient (Wildman–Crippen LogP) is 2.37. The van der Waals surface area contributed by atoms with Crippen LogP contribution in [0, 0.1) is 19.8 Å². The number of nitrogens with zero attached hydrogens (tertiary/aromatic N) is 2. The second-order valence-electron chi connectivity index (χ2n) is 6.45. The van der Waals surface area contributed by atoms with Crippen LogP contribution in [0.25, 0.3) is 0 Å². The van der Waals surface area contributed by atoms with Crippen molar-refractivity contribution in [3.8, 4) is 5.75 Å². The summed E-state index contributed by atoms with van der Waals surface area (Å²) in [4.78, 5) is 14.5. The minimum absolute atomic E-state index is 0.186. The van der Waals surface area contributed by atoms with Gasteiger partial charge in [0.2, 0.25) is 5.91 Å². The van der Waals surface area contributed by atoms with Gasteiger partial charge in [0.15, 0.2) is 0 Å². The van der Waals surface area contributed by atoms with Gasteiger partial charge in [-0.1, -0.05) is 12.1 Å². The Balaban J connectivity index is 1.56. The summed E-state index contributed by atoms with van der Waals surface area (Å²) in [7, 11) is 0. The maximum Gasteiger partial charge on any atom is 0.227 e. The molecule has 1 unspecified atom stereocenters. The zero-order valence-corrected chi connectivity index (χ0v) is 13.7. The Hall–Kier alpha value is -2.30. The summed E-state index contributed by atoms with van der Waals surface area (Å²) in [5.74, 6) is 0.976. The second kappa shape index (κ2) is 6.44. The van der Waals surface area contributed by atoms with Gasteiger partial charge in [-0.25, -0.2) is 0 Å². The van der Waals surface area contributed by atoms with Crippen LogP contribution < -0.4 is 0 Å². The van der Waals surface area contributed by atoms with E-state index in [0.717, 1.165) is 42.9 Å². The molecule has 1 aliphatic heterocycles. The summed E-state index contributed by atoms with van der Waals surface area (Å²) in [5.41, 5.74) is 4.13. The Bertz CT molecular complexity index is 671. The number of amides is 1. The fraction of sp³-hybridized carbons (Fsp3) is 0.444. The van der Waals surface area contributed by atoms with Crippen molar-refractivity contribution < 1.29 is 9.90 Å². The van der Waals surface area contributed by atoms with Gasteiger partial charge >= 0.3 is 0 Å². The summed E-state index contributed by atoms with van der Waals surface area (Å²) in [6.07, 6.45) is 2.42. The molecule has 5 nitrogen and oxygen atoms in total. The first-order valence-electron chi connectivity index (χ1n) is 8.09. The van der Waals surface area contributed by atoms with Gasteiger partial charge in [-0.3, -0.25) is 9.89 Å². The number of rotatable bonds is 4. The second-order valence-corrected chi connectivity index (χ2v) is 6.45. The van der Waals surface area contributed by atoms with Crippen LogP contribution in [-0.2, 0) is 17.6 Å². The maximum atomic E-state index is 12.5. The van der Waals surface area contributed by atoms with Crippen LogP contribution >= 0.6 is 0 Å². The lowest BCUT2D eigenvalue weighted by Gasteiger charge is -2.17. The van der Waals surface area contributed by atoms with E-state index in [1.807, 2.05) is 30.9 Å². The van der Waals surface area contributed by atoms with Gasteiger partial charge in [-0.2, -0.15) is 5.10 Å². The van der Waals surface area contributed by atoms with Gasteiger partial charge in [-0.05, 0) is 50.3 Å². The number of carbonyl (C=O) groups is 1. The van der Waals surface area contributed by atoms with Gasteiger partial charge in [0.1, 0.15) is 5.75 Å². The van der Waals surface area contributed by atoms with Crippen molar-refractivity contribution in [2.75, 3.05) is 13.1 Å². The Labute approximate surface area is 136 Å². The lowest BCUT2D eigenvalue weighted by molar-refractivity contribution is -0.129. The highest BCUT2D eigenvalue weighted by atomic mass is 16.3. The predicted molar refractivity (Wildman–Crippen MR) is 88.3 cm³/mol. The molecule has 1 saturated heterocycles. The minimum Gasteiger partial charge on any atom is -0.508 e. The molecule has 5 heteroatoms. The topological polar surface area (TPSA) is 69.2 Å². The SMILES string of the molecule is Cc1n[nH]c(C)c1CC(=O)N1CCC(Cc2ccc(O)cc2)C1. The van der Waals surface area contributed by atoms with Crippen LogP contribution in [0.3, 0.4) is 0 Å². The molecule has 0 spiro atoms. The van der Waals surface area contributed by atoms with Gasteiger partial charge in [0.05, 0.1) is 12.1 Å². The molecule has 0 saturated carbocycles. The monoisotopic (exact) mass is 313 g/mol. The molecule has 0 bridgehead atoms. The minimum atomic E-state index is 0.186. The molecule has 1 fully saturated rings. The molecule has 0 aliphatic carbocycles. The molecule has 23 heavy (non-hydrogen) atoms. The third-order valence-electron chi connectivity index (χ3n) is 4.71. The first-order chi connectivity index (χ1) is 11.0. The molecule has 2 aromatic rings.